The van der Waals surface area contributed by atoms with Gasteiger partial charge in [0.25, 0.3) is 0 Å². The molecule has 5 rings (SSSR count). The number of carbonyl (C=O) groups is 1. The average molecular weight is 468 g/mol. The quantitative estimate of drug-likeness (QED) is 0.518. The normalized spacial score (nSPS) is 19.4. The van der Waals surface area contributed by atoms with Crippen molar-refractivity contribution in [3.8, 4) is 16.2 Å². The largest absolute Gasteiger partial charge is 0.494 e. The van der Waals surface area contributed by atoms with Gasteiger partial charge in [0.1, 0.15) is 5.56 Å². The Hall–Kier alpha value is -2.64. The summed E-state index contributed by atoms with van der Waals surface area (Å²) in [5.74, 6) is 0.0311. The van der Waals surface area contributed by atoms with Crippen molar-refractivity contribution in [2.24, 2.45) is 5.41 Å². The molecule has 0 aliphatic heterocycles. The highest BCUT2D eigenvalue weighted by molar-refractivity contribution is 7.15. The van der Waals surface area contributed by atoms with Gasteiger partial charge in [0, 0.05) is 27.6 Å². The molecule has 3 aromatic rings. The smallest absolute Gasteiger partial charge is 0.343 e. The van der Waals surface area contributed by atoms with Crippen LogP contribution in [0.4, 0.5) is 0 Å². The molecule has 1 atom stereocenters. The molecule has 0 bridgehead atoms. The van der Waals surface area contributed by atoms with Gasteiger partial charge < -0.3 is 19.1 Å². The van der Waals surface area contributed by atoms with Crippen LogP contribution in [0.25, 0.3) is 21.3 Å². The predicted molar refractivity (Wildman–Crippen MR) is 129 cm³/mol. The molecule has 0 saturated heterocycles. The van der Waals surface area contributed by atoms with Crippen LogP contribution in [0.15, 0.2) is 29.2 Å². The number of fused-ring (bicyclic) bond motifs is 2. The molecular formula is C26H29NO5S. The van der Waals surface area contributed by atoms with Crippen molar-refractivity contribution in [3.63, 3.8) is 0 Å². The average Bonchev–Trinajstić information content (AvgIpc) is 3.51. The van der Waals surface area contributed by atoms with E-state index in [1.807, 2.05) is 10.6 Å². The molecule has 33 heavy (non-hydrogen) atoms. The lowest BCUT2D eigenvalue weighted by Gasteiger charge is -2.32. The fourth-order valence-electron chi connectivity index (χ4n) is 4.95. The van der Waals surface area contributed by atoms with Crippen LogP contribution in [-0.4, -0.2) is 29.4 Å². The molecule has 7 heteroatoms. The van der Waals surface area contributed by atoms with E-state index in [9.17, 15) is 14.7 Å². The van der Waals surface area contributed by atoms with Crippen LogP contribution in [0.1, 0.15) is 73.0 Å². The van der Waals surface area contributed by atoms with Crippen molar-refractivity contribution in [1.82, 2.24) is 4.57 Å². The van der Waals surface area contributed by atoms with E-state index in [2.05, 4.69) is 19.9 Å². The SMILES string of the molecule is CCOC(=O)c1cn(C2CC2)c2c(OC)c(-c3cc4c(s3)CC(C)(C)CC4O)ccc2c1=O. The standard InChI is InChI=1S/C26H29NO5S/c1-5-32-25(30)18-13-27(14-6-7-14)22-16(23(18)29)9-8-15(24(22)31-4)20-10-17-19(28)11-26(2,3)12-21(17)33-20/h8-10,13-14,19,28H,5-7,11-12H2,1-4H3. The first-order valence-electron chi connectivity index (χ1n) is 11.5. The number of pyridine rings is 1. The second-order valence-corrected chi connectivity index (χ2v) is 11.0. The number of aromatic nitrogens is 1. The number of aliphatic hydroxyl groups is 1. The summed E-state index contributed by atoms with van der Waals surface area (Å²) in [6, 6.07) is 5.97. The van der Waals surface area contributed by atoms with E-state index in [0.29, 0.717) is 16.7 Å². The lowest BCUT2D eigenvalue weighted by molar-refractivity contribution is 0.0524. The molecule has 2 aliphatic carbocycles. The monoisotopic (exact) mass is 467 g/mol. The fraction of sp³-hybridized carbons (Fsp3) is 0.462. The van der Waals surface area contributed by atoms with Crippen molar-refractivity contribution < 1.29 is 19.4 Å². The molecule has 0 spiro atoms. The molecular weight excluding hydrogens is 438 g/mol. The van der Waals surface area contributed by atoms with Crippen LogP contribution >= 0.6 is 11.3 Å². The Balaban J connectivity index is 1.72. The van der Waals surface area contributed by atoms with Crippen LogP contribution in [0.3, 0.4) is 0 Å². The Morgan fingerprint density at radius 3 is 2.73 bits per heavy atom. The zero-order valence-electron chi connectivity index (χ0n) is 19.4. The van der Waals surface area contributed by atoms with Crippen molar-refractivity contribution in [1.29, 1.82) is 0 Å². The van der Waals surface area contributed by atoms with E-state index in [1.54, 1.807) is 37.6 Å². The van der Waals surface area contributed by atoms with E-state index in [0.717, 1.165) is 41.7 Å². The molecule has 0 amide bonds. The third-order valence-corrected chi connectivity index (χ3v) is 7.82. The number of hydrogen-bond acceptors (Lipinski definition) is 6. The third-order valence-electron chi connectivity index (χ3n) is 6.64. The minimum absolute atomic E-state index is 0.0535. The highest BCUT2D eigenvalue weighted by atomic mass is 32.1. The Morgan fingerprint density at radius 2 is 2.06 bits per heavy atom. The lowest BCUT2D eigenvalue weighted by Crippen LogP contribution is -2.23. The summed E-state index contributed by atoms with van der Waals surface area (Å²) in [6.07, 6.45) is 4.80. The zero-order valence-corrected chi connectivity index (χ0v) is 20.3. The van der Waals surface area contributed by atoms with Crippen molar-refractivity contribution in [3.05, 3.63) is 50.6 Å². The number of rotatable bonds is 5. The highest BCUT2D eigenvalue weighted by Crippen LogP contribution is 2.49. The Bertz CT molecular complexity index is 1310. The van der Waals surface area contributed by atoms with E-state index >= 15 is 0 Å². The minimum Gasteiger partial charge on any atom is -0.494 e. The van der Waals surface area contributed by atoms with Crippen molar-refractivity contribution in [2.45, 2.75) is 58.6 Å². The number of thiophene rings is 1. The number of methoxy groups -OCH3 is 1. The first kappa shape index (κ1) is 22.2. The first-order chi connectivity index (χ1) is 15.7. The van der Waals surface area contributed by atoms with Crippen molar-refractivity contribution in [2.75, 3.05) is 13.7 Å². The molecule has 174 valence electrons. The minimum atomic E-state index is -0.593. The summed E-state index contributed by atoms with van der Waals surface area (Å²) in [5, 5.41) is 11.2. The molecule has 1 saturated carbocycles. The van der Waals surface area contributed by atoms with Gasteiger partial charge in [-0.2, -0.15) is 0 Å². The summed E-state index contributed by atoms with van der Waals surface area (Å²) in [6.45, 7) is 6.31. The van der Waals surface area contributed by atoms with E-state index < -0.39 is 12.1 Å². The van der Waals surface area contributed by atoms with Crippen LogP contribution in [0.2, 0.25) is 0 Å². The maximum absolute atomic E-state index is 13.2. The lowest BCUT2D eigenvalue weighted by atomic mass is 9.76. The third kappa shape index (κ3) is 3.77. The first-order valence-corrected chi connectivity index (χ1v) is 12.3. The highest BCUT2D eigenvalue weighted by Gasteiger charge is 2.34. The van der Waals surface area contributed by atoms with Crippen LogP contribution in [-0.2, 0) is 11.2 Å². The topological polar surface area (TPSA) is 77.8 Å². The van der Waals surface area contributed by atoms with Gasteiger partial charge in [-0.1, -0.05) is 13.8 Å². The number of hydrogen-bond donors (Lipinski definition) is 1. The summed E-state index contributed by atoms with van der Waals surface area (Å²) >= 11 is 1.68. The number of benzene rings is 1. The second-order valence-electron chi connectivity index (χ2n) is 9.82. The molecule has 2 aliphatic rings. The number of aliphatic hydroxyl groups excluding tert-OH is 1. The van der Waals surface area contributed by atoms with Gasteiger partial charge in [0.05, 0.1) is 30.7 Å². The molecule has 1 fully saturated rings. The molecule has 1 unspecified atom stereocenters. The maximum Gasteiger partial charge on any atom is 0.343 e. The predicted octanol–water partition coefficient (Wildman–Crippen LogP) is 5.26. The molecule has 2 aromatic heterocycles. The second kappa shape index (κ2) is 7.99. The van der Waals surface area contributed by atoms with Crippen molar-refractivity contribution >= 4 is 28.2 Å². The van der Waals surface area contributed by atoms with Gasteiger partial charge in [-0.25, -0.2) is 4.79 Å². The number of nitrogens with zero attached hydrogens (tertiary/aromatic N) is 1. The Morgan fingerprint density at radius 1 is 1.30 bits per heavy atom. The molecule has 0 radical (unpaired) electrons. The summed E-state index contributed by atoms with van der Waals surface area (Å²) < 4.78 is 13.0. The van der Waals surface area contributed by atoms with Gasteiger partial charge in [0.2, 0.25) is 5.43 Å². The van der Waals surface area contributed by atoms with Gasteiger partial charge in [-0.15, -0.1) is 11.3 Å². The Kier molecular flexibility index (Phi) is 5.37. The van der Waals surface area contributed by atoms with Crippen LogP contribution in [0, 0.1) is 5.41 Å². The van der Waals surface area contributed by atoms with Gasteiger partial charge in [-0.3, -0.25) is 4.79 Å². The fourth-order valence-corrected chi connectivity index (χ4v) is 6.45. The molecule has 1 N–H and O–H groups in total. The van der Waals surface area contributed by atoms with Gasteiger partial charge in [0.15, 0.2) is 5.75 Å². The van der Waals surface area contributed by atoms with E-state index in [1.165, 1.54) is 4.88 Å². The van der Waals surface area contributed by atoms with Gasteiger partial charge >= 0.3 is 5.97 Å². The van der Waals surface area contributed by atoms with E-state index in [-0.39, 0.29) is 29.1 Å². The van der Waals surface area contributed by atoms with Gasteiger partial charge in [-0.05, 0) is 61.8 Å². The summed E-state index contributed by atoms with van der Waals surface area (Å²) in [4.78, 5) is 27.9. The summed E-state index contributed by atoms with van der Waals surface area (Å²) in [5.41, 5.74) is 2.37. The zero-order chi connectivity index (χ0) is 23.5. The number of ether oxygens (including phenoxy) is 2. The maximum atomic E-state index is 13.2. The van der Waals surface area contributed by atoms with E-state index in [4.69, 9.17) is 9.47 Å². The molecule has 1 aromatic carbocycles. The number of carbonyl (C=O) groups excluding carboxylic acids is 1. The van der Waals surface area contributed by atoms with Crippen LogP contribution < -0.4 is 10.2 Å². The summed E-state index contributed by atoms with van der Waals surface area (Å²) in [7, 11) is 1.62. The van der Waals surface area contributed by atoms with Crippen LogP contribution in [0.5, 0.6) is 5.75 Å². The molecule has 6 nitrogen and oxygen atoms in total. The Labute approximate surface area is 196 Å². The number of esters is 1. The molecule has 2 heterocycles.